The number of hydrogen-bond acceptors (Lipinski definition) is 3. The summed E-state index contributed by atoms with van der Waals surface area (Å²) >= 11 is 0. The summed E-state index contributed by atoms with van der Waals surface area (Å²) in [5.41, 5.74) is 1.43. The molecule has 1 atom stereocenters. The van der Waals surface area contributed by atoms with Crippen LogP contribution in [0.25, 0.3) is 0 Å². The van der Waals surface area contributed by atoms with E-state index in [-0.39, 0.29) is 18.7 Å². The smallest absolute Gasteiger partial charge is 0.254 e. The van der Waals surface area contributed by atoms with Crippen molar-refractivity contribution >= 4 is 5.91 Å². The molecule has 0 aliphatic rings. The zero-order chi connectivity index (χ0) is 16.8. The Hall–Kier alpha value is -2.40. The molecule has 5 heteroatoms. The van der Waals surface area contributed by atoms with Crippen molar-refractivity contribution in [1.82, 2.24) is 5.32 Å². The van der Waals surface area contributed by atoms with E-state index in [1.165, 1.54) is 6.07 Å². The van der Waals surface area contributed by atoms with Crippen LogP contribution in [0.15, 0.2) is 42.5 Å². The Balaban J connectivity index is 1.83. The van der Waals surface area contributed by atoms with Crippen LogP contribution < -0.4 is 10.1 Å². The number of halogens is 1. The van der Waals surface area contributed by atoms with Gasteiger partial charge < -0.3 is 15.2 Å². The summed E-state index contributed by atoms with van der Waals surface area (Å²) in [5.74, 6) is -0.448. The fourth-order valence-corrected chi connectivity index (χ4v) is 2.08. The Bertz CT molecular complexity index is 688. The van der Waals surface area contributed by atoms with Gasteiger partial charge in [-0.3, -0.25) is 4.79 Å². The molecule has 2 N–H and O–H groups in total. The number of aryl methyl sites for hydroxylation is 2. The van der Waals surface area contributed by atoms with Gasteiger partial charge in [-0.05, 0) is 43.2 Å². The van der Waals surface area contributed by atoms with Crippen molar-refractivity contribution in [2.24, 2.45) is 0 Å². The van der Waals surface area contributed by atoms with E-state index in [9.17, 15) is 14.3 Å². The quantitative estimate of drug-likeness (QED) is 0.861. The van der Waals surface area contributed by atoms with Crippen molar-refractivity contribution in [3.05, 3.63) is 65.0 Å². The van der Waals surface area contributed by atoms with Crippen LogP contribution in [0.4, 0.5) is 4.39 Å². The van der Waals surface area contributed by atoms with Gasteiger partial charge in [0.25, 0.3) is 5.91 Å². The first-order chi connectivity index (χ1) is 11.0. The molecule has 0 bridgehead atoms. The maximum absolute atomic E-state index is 13.8. The molecule has 2 rings (SSSR count). The second kappa shape index (κ2) is 7.74. The first-order valence-corrected chi connectivity index (χ1v) is 7.38. The molecule has 23 heavy (non-hydrogen) atoms. The third-order valence-electron chi connectivity index (χ3n) is 3.37. The van der Waals surface area contributed by atoms with Crippen molar-refractivity contribution in [3.63, 3.8) is 0 Å². The van der Waals surface area contributed by atoms with E-state index in [0.717, 1.165) is 5.56 Å². The number of ether oxygens (including phenoxy) is 1. The van der Waals surface area contributed by atoms with E-state index < -0.39 is 17.8 Å². The van der Waals surface area contributed by atoms with Gasteiger partial charge in [0, 0.05) is 6.54 Å². The number of carbonyl (C=O) groups excluding carboxylic acids is 1. The summed E-state index contributed by atoms with van der Waals surface area (Å²) in [5, 5.41) is 12.4. The average molecular weight is 317 g/mol. The van der Waals surface area contributed by atoms with Gasteiger partial charge in [0.1, 0.15) is 24.3 Å². The summed E-state index contributed by atoms with van der Waals surface area (Å²) in [6.45, 7) is 3.56. The zero-order valence-corrected chi connectivity index (χ0v) is 13.2. The van der Waals surface area contributed by atoms with Crippen LogP contribution in [0.2, 0.25) is 0 Å². The van der Waals surface area contributed by atoms with Crippen molar-refractivity contribution in [3.8, 4) is 5.75 Å². The number of benzene rings is 2. The summed E-state index contributed by atoms with van der Waals surface area (Å²) in [6, 6.07) is 12.1. The summed E-state index contributed by atoms with van der Waals surface area (Å²) in [7, 11) is 0. The molecule has 0 fully saturated rings. The molecular formula is C18H20FNO3. The van der Waals surface area contributed by atoms with E-state index in [1.807, 2.05) is 25.1 Å². The zero-order valence-electron chi connectivity index (χ0n) is 13.2. The molecule has 0 spiro atoms. The molecule has 0 aliphatic carbocycles. The van der Waals surface area contributed by atoms with Crippen molar-refractivity contribution in [1.29, 1.82) is 0 Å². The Kier molecular flexibility index (Phi) is 5.71. The van der Waals surface area contributed by atoms with Crippen LogP contribution in [0.1, 0.15) is 21.5 Å². The lowest BCUT2D eigenvalue weighted by atomic mass is 10.1. The van der Waals surface area contributed by atoms with E-state index in [1.54, 1.807) is 25.1 Å². The molecule has 0 aromatic heterocycles. The monoisotopic (exact) mass is 317 g/mol. The van der Waals surface area contributed by atoms with Crippen LogP contribution in [-0.2, 0) is 0 Å². The highest BCUT2D eigenvalue weighted by Gasteiger charge is 2.14. The van der Waals surface area contributed by atoms with E-state index >= 15 is 0 Å². The van der Waals surface area contributed by atoms with Crippen molar-refractivity contribution in [2.75, 3.05) is 13.2 Å². The Morgan fingerprint density at radius 3 is 2.74 bits per heavy atom. The number of rotatable bonds is 6. The standard InChI is InChI=1S/C18H20FNO3/c1-12-5-3-7-15(9-12)23-11-14(21)10-20-18(22)16-8-4-6-13(2)17(16)19/h3-9,14,21H,10-11H2,1-2H3,(H,20,22). The van der Waals surface area contributed by atoms with Gasteiger partial charge in [0.05, 0.1) is 5.56 Å². The lowest BCUT2D eigenvalue weighted by Crippen LogP contribution is -2.35. The van der Waals surface area contributed by atoms with Gasteiger partial charge in [-0.15, -0.1) is 0 Å². The van der Waals surface area contributed by atoms with Crippen LogP contribution in [-0.4, -0.2) is 30.3 Å². The number of amides is 1. The molecule has 1 unspecified atom stereocenters. The SMILES string of the molecule is Cc1cccc(OCC(O)CNC(=O)c2cccc(C)c2F)c1. The van der Waals surface area contributed by atoms with Crippen molar-refractivity contribution in [2.45, 2.75) is 20.0 Å². The average Bonchev–Trinajstić information content (AvgIpc) is 2.53. The maximum Gasteiger partial charge on any atom is 0.254 e. The predicted octanol–water partition coefficient (Wildman–Crippen LogP) is 2.61. The third-order valence-corrected chi connectivity index (χ3v) is 3.37. The van der Waals surface area contributed by atoms with E-state index in [4.69, 9.17) is 4.74 Å². The van der Waals surface area contributed by atoms with E-state index in [2.05, 4.69) is 5.32 Å². The van der Waals surface area contributed by atoms with Crippen LogP contribution in [0.3, 0.4) is 0 Å². The van der Waals surface area contributed by atoms with Gasteiger partial charge in [0.2, 0.25) is 0 Å². The number of hydrogen-bond donors (Lipinski definition) is 2. The largest absolute Gasteiger partial charge is 0.491 e. The topological polar surface area (TPSA) is 58.6 Å². The minimum absolute atomic E-state index is 0.0158. The highest BCUT2D eigenvalue weighted by atomic mass is 19.1. The lowest BCUT2D eigenvalue weighted by molar-refractivity contribution is 0.0840. The molecule has 0 saturated carbocycles. The fraction of sp³-hybridized carbons (Fsp3) is 0.278. The summed E-state index contributed by atoms with van der Waals surface area (Å²) < 4.78 is 19.3. The minimum atomic E-state index is -0.882. The number of aliphatic hydroxyl groups excluding tert-OH is 1. The molecule has 4 nitrogen and oxygen atoms in total. The Morgan fingerprint density at radius 2 is 2.00 bits per heavy atom. The molecule has 2 aromatic rings. The first-order valence-electron chi connectivity index (χ1n) is 7.38. The Morgan fingerprint density at radius 1 is 1.26 bits per heavy atom. The predicted molar refractivity (Wildman–Crippen MR) is 86.2 cm³/mol. The van der Waals surface area contributed by atoms with Gasteiger partial charge in [0.15, 0.2) is 0 Å². The van der Waals surface area contributed by atoms with Gasteiger partial charge >= 0.3 is 0 Å². The second-order valence-corrected chi connectivity index (χ2v) is 5.43. The molecule has 0 radical (unpaired) electrons. The van der Waals surface area contributed by atoms with Gasteiger partial charge in [-0.2, -0.15) is 0 Å². The number of aliphatic hydroxyl groups is 1. The molecular weight excluding hydrogens is 297 g/mol. The first kappa shape index (κ1) is 17.0. The van der Waals surface area contributed by atoms with E-state index in [0.29, 0.717) is 11.3 Å². The number of carbonyl (C=O) groups is 1. The second-order valence-electron chi connectivity index (χ2n) is 5.43. The highest BCUT2D eigenvalue weighted by molar-refractivity contribution is 5.94. The Labute approximate surface area is 134 Å². The summed E-state index contributed by atoms with van der Waals surface area (Å²) in [6.07, 6.45) is -0.882. The third kappa shape index (κ3) is 4.79. The lowest BCUT2D eigenvalue weighted by Gasteiger charge is -2.14. The number of nitrogens with one attached hydrogen (secondary N) is 1. The highest BCUT2D eigenvalue weighted by Crippen LogP contribution is 2.13. The maximum atomic E-state index is 13.8. The minimum Gasteiger partial charge on any atom is -0.491 e. The van der Waals surface area contributed by atoms with Gasteiger partial charge in [-0.1, -0.05) is 24.3 Å². The van der Waals surface area contributed by atoms with Crippen LogP contribution in [0, 0.1) is 19.7 Å². The molecule has 122 valence electrons. The summed E-state index contributed by atoms with van der Waals surface area (Å²) in [4.78, 5) is 11.9. The van der Waals surface area contributed by atoms with Crippen LogP contribution >= 0.6 is 0 Å². The molecule has 2 aromatic carbocycles. The van der Waals surface area contributed by atoms with Crippen molar-refractivity contribution < 1.29 is 19.0 Å². The fourth-order valence-electron chi connectivity index (χ4n) is 2.08. The molecule has 1 amide bonds. The molecule has 0 heterocycles. The van der Waals surface area contributed by atoms with Gasteiger partial charge in [-0.25, -0.2) is 4.39 Å². The molecule has 0 aliphatic heterocycles. The molecule has 0 saturated heterocycles. The normalized spacial score (nSPS) is 11.8. The van der Waals surface area contributed by atoms with Crippen LogP contribution in [0.5, 0.6) is 5.75 Å².